The van der Waals surface area contributed by atoms with E-state index in [0.717, 1.165) is 21.9 Å². The van der Waals surface area contributed by atoms with E-state index < -0.39 is 180 Å². The van der Waals surface area contributed by atoms with Crippen LogP contribution in [-0.4, -0.2) is 196 Å². The number of phenols is 2. The number of primary amides is 1. The zero-order chi connectivity index (χ0) is 83.3. The zero-order valence-corrected chi connectivity index (χ0v) is 66.4. The summed E-state index contributed by atoms with van der Waals surface area (Å²) in [6.45, 7) is 11.0. The maximum atomic E-state index is 15.1. The summed E-state index contributed by atoms with van der Waals surface area (Å²) in [5.41, 5.74) is 8.10. The summed E-state index contributed by atoms with van der Waals surface area (Å²) in [6.07, 6.45) is -1.78. The fraction of sp³-hybridized carbons (Fsp3) is 0.463. The molecule has 11 amide bonds. The number of hydrogen-bond acceptors (Lipinski definition) is 20. The van der Waals surface area contributed by atoms with Crippen LogP contribution in [0.1, 0.15) is 133 Å². The van der Waals surface area contributed by atoms with Gasteiger partial charge in [-0.25, -0.2) is 9.97 Å². The first kappa shape index (κ1) is 90.2. The van der Waals surface area contributed by atoms with Crippen molar-refractivity contribution in [2.45, 2.75) is 210 Å². The second-order valence-corrected chi connectivity index (χ2v) is 31.6. The monoisotopic (exact) mass is 1610 g/mol. The first-order valence-electron chi connectivity index (χ1n) is 37.8. The molecule has 13 atom stereocenters. The van der Waals surface area contributed by atoms with Crippen molar-refractivity contribution >= 4 is 111 Å². The molecule has 114 heavy (non-hydrogen) atoms. The summed E-state index contributed by atoms with van der Waals surface area (Å²) in [4.78, 5) is 196. The van der Waals surface area contributed by atoms with E-state index in [1.54, 1.807) is 65.1 Å². The van der Waals surface area contributed by atoms with Gasteiger partial charge in [-0.15, -0.1) is 0 Å². The van der Waals surface area contributed by atoms with Crippen LogP contribution in [0.15, 0.2) is 122 Å². The van der Waals surface area contributed by atoms with Gasteiger partial charge in [-0.1, -0.05) is 114 Å². The molecule has 3 heterocycles. The van der Waals surface area contributed by atoms with Gasteiger partial charge < -0.3 is 89.4 Å². The third-order valence-electron chi connectivity index (χ3n) is 19.0. The third-order valence-corrected chi connectivity index (χ3v) is 21.1. The number of aliphatic carboxylic acids is 1. The number of carboxylic acid groups (broad SMARTS) is 1. The molecule has 7 rings (SSSR count). The molecule has 0 fully saturated rings. The number of phenolic OH excluding ortho intramolecular Hbond substituents is 2. The van der Waals surface area contributed by atoms with Gasteiger partial charge in [0.25, 0.3) is 0 Å². The second kappa shape index (κ2) is 43.9. The molecule has 32 nitrogen and oxygen atoms in total. The Morgan fingerprint density at radius 2 is 1.05 bits per heavy atom. The highest BCUT2D eigenvalue weighted by atomic mass is 32.2. The number of nitrogens with two attached hydrogens (primary N) is 1. The molecule has 0 radical (unpaired) electrons. The topological polar surface area (TPSA) is 512 Å². The number of ketones is 1. The number of aromatic nitrogens is 3. The fourth-order valence-electron chi connectivity index (χ4n) is 12.6. The smallest absolute Gasteiger partial charge is 0.303 e. The Hall–Kier alpha value is -11.0. The van der Waals surface area contributed by atoms with E-state index in [1.165, 1.54) is 98.4 Å². The molecule has 0 spiro atoms. The number of Topliss-reactive ketones (excluding diaryl/α,β-unsaturated/α-hetero) is 1. The lowest BCUT2D eigenvalue weighted by Crippen LogP contribution is -2.61. The van der Waals surface area contributed by atoms with Gasteiger partial charge in [0.2, 0.25) is 65.0 Å². The molecule has 2 aromatic heterocycles. The van der Waals surface area contributed by atoms with E-state index in [0.29, 0.717) is 39.8 Å². The number of aliphatic hydroxyl groups excluding tert-OH is 2. The van der Waals surface area contributed by atoms with Crippen LogP contribution in [0.2, 0.25) is 0 Å². The summed E-state index contributed by atoms with van der Waals surface area (Å²) < 4.78 is 0. The molecule has 1 aliphatic heterocycles. The number of carbonyl (C=O) groups is 13. The Morgan fingerprint density at radius 3 is 1.57 bits per heavy atom. The number of thioether (sulfide) groups is 2. The number of nitrogens with zero attached hydrogens (tertiary/aromatic N) is 1. The van der Waals surface area contributed by atoms with Gasteiger partial charge in [-0.05, 0) is 96.5 Å². The molecule has 2 bridgehead atoms. The van der Waals surface area contributed by atoms with Gasteiger partial charge in [-0.3, -0.25) is 62.3 Å². The van der Waals surface area contributed by atoms with Crippen molar-refractivity contribution in [2.24, 2.45) is 17.1 Å². The lowest BCUT2D eigenvalue weighted by molar-refractivity contribution is -0.388. The van der Waals surface area contributed by atoms with Gasteiger partial charge >= 0.3 is 5.97 Å². The number of pyridine rings is 1. The van der Waals surface area contributed by atoms with E-state index in [2.05, 4.69) is 68.1 Å². The Bertz CT molecular complexity index is 4320. The number of nitrogens with one attached hydrogen (secondary N) is 12. The van der Waals surface area contributed by atoms with Crippen molar-refractivity contribution < 1.29 is 92.8 Å². The lowest BCUT2D eigenvalue weighted by Gasteiger charge is -2.32. The van der Waals surface area contributed by atoms with Gasteiger partial charge in [0.1, 0.15) is 65.9 Å². The van der Waals surface area contributed by atoms with Crippen molar-refractivity contribution in [1.29, 1.82) is 0 Å². The number of aromatic amines is 2. The second-order valence-electron chi connectivity index (χ2n) is 29.5. The van der Waals surface area contributed by atoms with Crippen LogP contribution < -0.4 is 63.9 Å². The standard InChI is InChI=1S/C80H104N14O18S2/c1-8-13-57-72(105)87-59(27-28-67(101)102)73(106)90-61(32-46-19-23-54(97)24-20-46)75(108)86-58(14-9-2)74(107)94-68(45(4)96)78(111)92-64(70(81)103)42-114-41-49-16-12-15-48(31-49)40-113-30-29-66(100)93-69(80(5,6)7)79(112)91-62(33-47-21-25-55(98)26-22-47)76(109)88-60(36-53-39-82-43-84-53)65(99)37-56(44(3)95)71(104)89-63(77(110)85-57)35-52-34-50-17-10-11-18-51(50)38-83-52/h10-12,15-26,31,34,38-39,43-45,56-64,68-69,95-98H,8-9,13-14,27-30,32-33,35-37,40-42H2,1-7H3,(H2,81,103)(H,82,84)(H,85,110)(H,86,108)(H,87,105)(H,88,109)(H,89,104)(H,90,106)(H,91,112)(H,92,111)(H,93,100)(H,94,107)(H,101,102)/p+1/t44-,45-,56+,57+,58+,59+,60+,61+,62+,63+,64+,68+,69-/m1/s1. The number of carboxylic acids is 1. The number of benzene rings is 4. The predicted molar refractivity (Wildman–Crippen MR) is 425 cm³/mol. The number of fused-ring (bicyclic) bond motifs is 3. The number of hydrogen-bond donors (Lipinski definition) is 17. The molecule has 6 aromatic rings. The summed E-state index contributed by atoms with van der Waals surface area (Å²) in [5.74, 6) is -13.2. The molecule has 0 unspecified atom stereocenters. The van der Waals surface area contributed by atoms with Crippen molar-refractivity contribution in [2.75, 3.05) is 11.5 Å². The number of H-pyrrole nitrogens is 2. The number of aromatic hydroxyl groups is 2. The van der Waals surface area contributed by atoms with Crippen LogP contribution in [0.25, 0.3) is 10.8 Å². The summed E-state index contributed by atoms with van der Waals surface area (Å²) in [7, 11) is 0. The molecule has 614 valence electrons. The number of rotatable bonds is 18. The molecule has 0 saturated carbocycles. The van der Waals surface area contributed by atoms with Gasteiger partial charge in [0.15, 0.2) is 17.7 Å². The number of imidazole rings is 1. The highest BCUT2D eigenvalue weighted by Crippen LogP contribution is 2.25. The van der Waals surface area contributed by atoms with Gasteiger partial charge in [0.05, 0.1) is 36.9 Å². The van der Waals surface area contributed by atoms with Gasteiger partial charge in [0, 0.05) is 84.9 Å². The minimum absolute atomic E-state index is 0.0331. The fourth-order valence-corrected chi connectivity index (χ4v) is 14.5. The highest BCUT2D eigenvalue weighted by molar-refractivity contribution is 7.98. The predicted octanol–water partition coefficient (Wildman–Crippen LogP) is 1.81. The zero-order valence-electron chi connectivity index (χ0n) is 64.8. The van der Waals surface area contributed by atoms with Crippen LogP contribution in [-0.2, 0) is 99.5 Å². The number of aliphatic hydroxyl groups is 2. The van der Waals surface area contributed by atoms with Crippen LogP contribution in [0.3, 0.4) is 0 Å². The molecule has 4 aromatic carbocycles. The van der Waals surface area contributed by atoms with E-state index >= 15 is 9.59 Å². The Labute approximate surface area is 668 Å². The highest BCUT2D eigenvalue weighted by Gasteiger charge is 2.40. The van der Waals surface area contributed by atoms with Crippen molar-refractivity contribution in [1.82, 2.24) is 63.1 Å². The largest absolute Gasteiger partial charge is 0.508 e. The SMILES string of the molecule is CCC[C@@H]1NC(=O)[C@H](Cc2cc3ccccc3c[nH+]2)NC(=O)[C@H]([C@@H](C)O)CC(=O)[C@H](Cc2cnc[nH]2)NC(=O)[C@H](Cc2ccc(O)cc2)NC(=O)[C@H](C(C)(C)C)NC(=O)CCSCc2cccc(c2)CSC[C@@H](C(N)=O)NC(=O)[C@H]([C@@H](C)O)NC(=O)[C@H](CCC)NC(=O)[C@H](Cc2ccc(O)cc2)NC(=O)[C@H](CCC(=O)O)NC1=O. The van der Waals surface area contributed by atoms with Crippen molar-refractivity contribution in [3.63, 3.8) is 0 Å². The normalized spacial score (nSPS) is 23.4. The van der Waals surface area contributed by atoms with E-state index in [4.69, 9.17) is 5.73 Å². The molecule has 34 heteroatoms. The van der Waals surface area contributed by atoms with Crippen LogP contribution in [0.4, 0.5) is 0 Å². The minimum Gasteiger partial charge on any atom is -0.508 e. The maximum Gasteiger partial charge on any atom is 0.303 e. The molecule has 0 aliphatic carbocycles. The summed E-state index contributed by atoms with van der Waals surface area (Å²) >= 11 is 2.68. The summed E-state index contributed by atoms with van der Waals surface area (Å²) in [6, 6.07) is 12.5. The molecular weight excluding hydrogens is 1510 g/mol. The average Bonchev–Trinajstić information content (AvgIpc) is 0.870. The first-order valence-corrected chi connectivity index (χ1v) is 40.1. The third kappa shape index (κ3) is 28.6. The Balaban J connectivity index is 1.25. The molecular formula is C80H105N14O18S2+. The van der Waals surface area contributed by atoms with Crippen LogP contribution in [0, 0.1) is 11.3 Å². The first-order chi connectivity index (χ1) is 54.2. The van der Waals surface area contributed by atoms with E-state index in [-0.39, 0.29) is 75.0 Å². The molecule has 19 N–H and O–H groups in total. The lowest BCUT2D eigenvalue weighted by atomic mass is 9.85. The molecule has 1 aliphatic rings. The number of carbonyl (C=O) groups excluding carboxylic acids is 12. The van der Waals surface area contributed by atoms with E-state index in [1.807, 2.05) is 30.3 Å². The quantitative estimate of drug-likeness (QED) is 0.0583. The summed E-state index contributed by atoms with van der Waals surface area (Å²) in [5, 5.41) is 80.8. The Morgan fingerprint density at radius 1 is 0.553 bits per heavy atom. The van der Waals surface area contributed by atoms with E-state index in [9.17, 15) is 78.3 Å². The van der Waals surface area contributed by atoms with Crippen LogP contribution >= 0.6 is 23.5 Å². The molecule has 0 saturated heterocycles. The number of amides is 11. The van der Waals surface area contributed by atoms with Crippen molar-refractivity contribution in [3.8, 4) is 11.5 Å². The minimum atomic E-state index is -1.75. The Kier molecular flexibility index (Phi) is 34.7. The average molecular weight is 1610 g/mol. The van der Waals surface area contributed by atoms with Crippen molar-refractivity contribution in [3.05, 3.63) is 155 Å². The maximum absolute atomic E-state index is 15.1. The van der Waals surface area contributed by atoms with Crippen LogP contribution in [0.5, 0.6) is 11.5 Å². The van der Waals surface area contributed by atoms with Gasteiger partial charge in [-0.2, -0.15) is 23.5 Å².